The molecular formula is C27H33ClN4OS. The third kappa shape index (κ3) is 5.73. The predicted molar refractivity (Wildman–Crippen MR) is 142 cm³/mol. The van der Waals surface area contributed by atoms with Crippen molar-refractivity contribution in [3.63, 3.8) is 0 Å². The zero-order valence-electron chi connectivity index (χ0n) is 19.6. The molecule has 0 radical (unpaired) electrons. The molecule has 1 amide bonds. The Balaban J connectivity index is 1.11. The Morgan fingerprint density at radius 1 is 1.00 bits per heavy atom. The van der Waals surface area contributed by atoms with Crippen LogP contribution in [0.3, 0.4) is 0 Å². The van der Waals surface area contributed by atoms with Crippen LogP contribution in [-0.4, -0.2) is 54.4 Å². The van der Waals surface area contributed by atoms with Crippen LogP contribution in [0.5, 0.6) is 0 Å². The number of piperazine rings is 1. The smallest absolute Gasteiger partial charge is 0.224 e. The molecule has 1 saturated carbocycles. The van der Waals surface area contributed by atoms with E-state index in [9.17, 15) is 4.79 Å². The number of nitrogens with zero attached hydrogens (tertiary/aromatic N) is 3. The fourth-order valence-electron chi connectivity index (χ4n) is 5.46. The van der Waals surface area contributed by atoms with E-state index in [1.54, 1.807) is 11.5 Å². The maximum atomic E-state index is 12.5. The van der Waals surface area contributed by atoms with Gasteiger partial charge in [-0.15, -0.1) is 0 Å². The van der Waals surface area contributed by atoms with Gasteiger partial charge in [0, 0.05) is 49.7 Å². The van der Waals surface area contributed by atoms with Gasteiger partial charge in [-0.25, -0.2) is 0 Å². The van der Waals surface area contributed by atoms with Crippen molar-refractivity contribution in [2.45, 2.75) is 32.1 Å². The molecule has 2 aromatic carbocycles. The molecule has 2 fully saturated rings. The molecule has 5 nitrogen and oxygen atoms in total. The zero-order chi connectivity index (χ0) is 23.3. The molecule has 180 valence electrons. The number of rotatable bonds is 7. The first kappa shape index (κ1) is 23.6. The standard InChI is InChI=1S/C27H33ClN4OS/c28-23-11-9-20(10-12-23)17-26(33)29-18-21-5-1-2-6-22(21)19-31-13-15-32(16-14-31)27-24-7-3-4-8-25(24)34-30-27/h3-4,7-12,21-22H,1-2,5-6,13-19H2,(H,29,33)/t21-,22+/m1/s1. The lowest BCUT2D eigenvalue weighted by molar-refractivity contribution is -0.120. The summed E-state index contributed by atoms with van der Waals surface area (Å²) in [6.45, 7) is 6.16. The molecule has 0 bridgehead atoms. The molecule has 1 saturated heterocycles. The summed E-state index contributed by atoms with van der Waals surface area (Å²) in [6, 6.07) is 16.1. The van der Waals surface area contributed by atoms with E-state index in [1.807, 2.05) is 24.3 Å². The van der Waals surface area contributed by atoms with Crippen molar-refractivity contribution in [1.29, 1.82) is 0 Å². The van der Waals surface area contributed by atoms with Crippen molar-refractivity contribution in [2.24, 2.45) is 11.8 Å². The lowest BCUT2D eigenvalue weighted by Crippen LogP contribution is -2.49. The lowest BCUT2D eigenvalue weighted by Gasteiger charge is -2.40. The van der Waals surface area contributed by atoms with Crippen LogP contribution < -0.4 is 10.2 Å². The number of hydrogen-bond donors (Lipinski definition) is 1. The van der Waals surface area contributed by atoms with E-state index >= 15 is 0 Å². The molecular weight excluding hydrogens is 464 g/mol. The van der Waals surface area contributed by atoms with Crippen molar-refractivity contribution in [2.75, 3.05) is 44.2 Å². The number of halogens is 1. The van der Waals surface area contributed by atoms with Crippen LogP contribution in [0.2, 0.25) is 5.02 Å². The van der Waals surface area contributed by atoms with Crippen LogP contribution in [0, 0.1) is 11.8 Å². The topological polar surface area (TPSA) is 48.5 Å². The number of fused-ring (bicyclic) bond motifs is 1. The van der Waals surface area contributed by atoms with Gasteiger partial charge in [0.05, 0.1) is 11.1 Å². The SMILES string of the molecule is O=C(Cc1ccc(Cl)cc1)NC[C@H]1CCCC[C@H]1CN1CCN(c2nsc3ccccc23)CC1. The van der Waals surface area contributed by atoms with Crippen molar-refractivity contribution in [3.05, 3.63) is 59.1 Å². The summed E-state index contributed by atoms with van der Waals surface area (Å²) in [7, 11) is 0. The second-order valence-corrected chi connectivity index (χ2v) is 10.9. The Kier molecular flexibility index (Phi) is 7.67. The molecule has 0 unspecified atom stereocenters. The number of carbonyl (C=O) groups excluding carboxylic acids is 1. The van der Waals surface area contributed by atoms with Gasteiger partial charge in [-0.1, -0.05) is 48.7 Å². The molecule has 1 aliphatic carbocycles. The predicted octanol–water partition coefficient (Wildman–Crippen LogP) is 5.24. The highest BCUT2D eigenvalue weighted by Gasteiger charge is 2.29. The Bertz CT molecular complexity index is 1090. The molecule has 1 N–H and O–H groups in total. The minimum absolute atomic E-state index is 0.107. The van der Waals surface area contributed by atoms with Gasteiger partial charge in [0.2, 0.25) is 5.91 Å². The fourth-order valence-corrected chi connectivity index (χ4v) is 6.38. The Hall–Kier alpha value is -2.15. The van der Waals surface area contributed by atoms with E-state index < -0.39 is 0 Å². The summed E-state index contributed by atoms with van der Waals surface area (Å²) >= 11 is 7.55. The van der Waals surface area contributed by atoms with Gasteiger partial charge < -0.3 is 10.2 Å². The van der Waals surface area contributed by atoms with Gasteiger partial charge in [-0.05, 0) is 66.0 Å². The van der Waals surface area contributed by atoms with E-state index in [1.165, 1.54) is 35.8 Å². The molecule has 5 rings (SSSR count). The number of amides is 1. The largest absolute Gasteiger partial charge is 0.356 e. The van der Waals surface area contributed by atoms with Crippen molar-refractivity contribution < 1.29 is 4.79 Å². The molecule has 0 spiro atoms. The summed E-state index contributed by atoms with van der Waals surface area (Å²) in [6.07, 6.45) is 5.50. The lowest BCUT2D eigenvalue weighted by atomic mass is 9.78. The summed E-state index contributed by atoms with van der Waals surface area (Å²) in [5.41, 5.74) is 1.01. The van der Waals surface area contributed by atoms with Gasteiger partial charge >= 0.3 is 0 Å². The van der Waals surface area contributed by atoms with Crippen LogP contribution in [0.15, 0.2) is 48.5 Å². The highest BCUT2D eigenvalue weighted by atomic mass is 35.5. The minimum atomic E-state index is 0.107. The first-order valence-corrected chi connectivity index (χ1v) is 13.6. The Morgan fingerprint density at radius 2 is 1.74 bits per heavy atom. The van der Waals surface area contributed by atoms with E-state index in [4.69, 9.17) is 16.0 Å². The van der Waals surface area contributed by atoms with Crippen LogP contribution in [0.1, 0.15) is 31.2 Å². The summed E-state index contributed by atoms with van der Waals surface area (Å²) in [5, 5.41) is 5.20. The zero-order valence-corrected chi connectivity index (χ0v) is 21.2. The van der Waals surface area contributed by atoms with Crippen LogP contribution >= 0.6 is 23.1 Å². The maximum absolute atomic E-state index is 12.5. The quantitative estimate of drug-likeness (QED) is 0.486. The molecule has 7 heteroatoms. The van der Waals surface area contributed by atoms with Crippen molar-refractivity contribution >= 4 is 44.9 Å². The molecule has 2 heterocycles. The monoisotopic (exact) mass is 496 g/mol. The number of aromatic nitrogens is 1. The summed E-state index contributed by atoms with van der Waals surface area (Å²) < 4.78 is 6.02. The van der Waals surface area contributed by atoms with Crippen LogP contribution in [0.4, 0.5) is 5.82 Å². The normalized spacial score (nSPS) is 21.6. The van der Waals surface area contributed by atoms with Gasteiger partial charge in [0.1, 0.15) is 5.82 Å². The highest BCUT2D eigenvalue weighted by molar-refractivity contribution is 7.13. The molecule has 2 aliphatic rings. The van der Waals surface area contributed by atoms with Crippen molar-refractivity contribution in [1.82, 2.24) is 14.6 Å². The molecule has 3 aromatic rings. The average Bonchev–Trinajstić information content (AvgIpc) is 3.30. The van der Waals surface area contributed by atoms with E-state index in [0.717, 1.165) is 50.6 Å². The minimum Gasteiger partial charge on any atom is -0.356 e. The van der Waals surface area contributed by atoms with E-state index in [-0.39, 0.29) is 5.91 Å². The Labute approximate surface area is 211 Å². The molecule has 1 aliphatic heterocycles. The maximum Gasteiger partial charge on any atom is 0.224 e. The number of hydrogen-bond acceptors (Lipinski definition) is 5. The third-order valence-electron chi connectivity index (χ3n) is 7.43. The highest BCUT2D eigenvalue weighted by Crippen LogP contribution is 2.32. The van der Waals surface area contributed by atoms with E-state index in [2.05, 4.69) is 39.4 Å². The fraction of sp³-hybridized carbons (Fsp3) is 0.481. The third-order valence-corrected chi connectivity index (χ3v) is 8.50. The number of anilines is 1. The number of carbonyl (C=O) groups is 1. The van der Waals surface area contributed by atoms with Crippen LogP contribution in [0.25, 0.3) is 10.1 Å². The first-order chi connectivity index (χ1) is 16.7. The molecule has 2 atom stereocenters. The van der Waals surface area contributed by atoms with Crippen LogP contribution in [-0.2, 0) is 11.2 Å². The van der Waals surface area contributed by atoms with Gasteiger partial charge in [0.15, 0.2) is 0 Å². The molecule has 1 aromatic heterocycles. The number of nitrogens with one attached hydrogen (secondary N) is 1. The van der Waals surface area contributed by atoms with Gasteiger partial charge in [-0.3, -0.25) is 9.69 Å². The second kappa shape index (κ2) is 11.1. The van der Waals surface area contributed by atoms with Gasteiger partial charge in [-0.2, -0.15) is 4.37 Å². The first-order valence-electron chi connectivity index (χ1n) is 12.5. The van der Waals surface area contributed by atoms with E-state index in [0.29, 0.717) is 23.3 Å². The Morgan fingerprint density at radius 3 is 2.53 bits per heavy atom. The molecule has 34 heavy (non-hydrogen) atoms. The number of benzene rings is 2. The summed E-state index contributed by atoms with van der Waals surface area (Å²) in [4.78, 5) is 17.6. The average molecular weight is 497 g/mol. The van der Waals surface area contributed by atoms with Crippen molar-refractivity contribution in [3.8, 4) is 0 Å². The second-order valence-electron chi connectivity index (χ2n) is 9.70. The van der Waals surface area contributed by atoms with Gasteiger partial charge in [0.25, 0.3) is 0 Å². The summed E-state index contributed by atoms with van der Waals surface area (Å²) in [5.74, 6) is 2.50.